The van der Waals surface area contributed by atoms with Gasteiger partial charge in [-0.1, -0.05) is 11.2 Å². The predicted octanol–water partition coefficient (Wildman–Crippen LogP) is -0.530. The molecule has 1 aromatic carbocycles. The number of carboxylic acids is 1. The average Bonchev–Trinajstić information content (AvgIpc) is 2.77. The molecule has 0 unspecified atom stereocenters. The zero-order chi connectivity index (χ0) is 17.4. The molecule has 11 heteroatoms. The largest absolute Gasteiger partial charge is 0.488 e. The molecule has 0 saturated heterocycles. The van der Waals surface area contributed by atoms with Gasteiger partial charge in [-0.3, -0.25) is 4.72 Å². The second kappa shape index (κ2) is 6.03. The van der Waals surface area contributed by atoms with Gasteiger partial charge in [-0.25, -0.2) is 13.2 Å². The molecule has 0 aliphatic carbocycles. The lowest BCUT2D eigenvalue weighted by molar-refractivity contribution is 0.0698. The van der Waals surface area contributed by atoms with Gasteiger partial charge < -0.3 is 19.7 Å². The van der Waals surface area contributed by atoms with Crippen LogP contribution in [0.3, 0.4) is 0 Å². The second-order valence-electron chi connectivity index (χ2n) is 4.74. The maximum Gasteiger partial charge on any atom is 0.488 e. The van der Waals surface area contributed by atoms with Crippen molar-refractivity contribution in [1.82, 2.24) is 5.16 Å². The Labute approximate surface area is 131 Å². The van der Waals surface area contributed by atoms with Gasteiger partial charge in [0.2, 0.25) is 0 Å². The van der Waals surface area contributed by atoms with Gasteiger partial charge >= 0.3 is 13.1 Å². The third-order valence-electron chi connectivity index (χ3n) is 3.05. The molecule has 4 N–H and O–H groups in total. The Kier molecular flexibility index (Phi) is 4.45. The van der Waals surface area contributed by atoms with Crippen LogP contribution in [-0.2, 0) is 10.0 Å². The maximum atomic E-state index is 12.4. The molecule has 1 aromatic heterocycles. The number of aromatic carboxylic acids is 1. The Morgan fingerprint density at radius 2 is 1.96 bits per heavy atom. The molecule has 0 aliphatic heterocycles. The van der Waals surface area contributed by atoms with Gasteiger partial charge in [-0.2, -0.15) is 0 Å². The van der Waals surface area contributed by atoms with Crippen molar-refractivity contribution in [2.24, 2.45) is 0 Å². The summed E-state index contributed by atoms with van der Waals surface area (Å²) < 4.78 is 31.8. The fourth-order valence-corrected chi connectivity index (χ4v) is 3.45. The molecular weight excluding hydrogens is 327 g/mol. The number of aromatic nitrogens is 1. The first-order chi connectivity index (χ1) is 10.6. The Hall–Kier alpha value is -2.37. The standard InChI is InChI=1S/C12H13BN2O7S/c1-6-11(7(2)22-14-6)23(20,21)15-10-5-8(13(18)19)3-4-9(10)12(16)17/h3-5,15,18-19H,1-2H3,(H,16,17). The summed E-state index contributed by atoms with van der Waals surface area (Å²) in [6.45, 7) is 2.83. The van der Waals surface area contributed by atoms with E-state index >= 15 is 0 Å². The second-order valence-corrected chi connectivity index (χ2v) is 6.36. The Morgan fingerprint density at radius 3 is 2.43 bits per heavy atom. The molecule has 0 radical (unpaired) electrons. The highest BCUT2D eigenvalue weighted by Crippen LogP contribution is 2.24. The smallest absolute Gasteiger partial charge is 0.478 e. The molecule has 0 aliphatic rings. The highest BCUT2D eigenvalue weighted by atomic mass is 32.2. The van der Waals surface area contributed by atoms with Crippen LogP contribution in [0.1, 0.15) is 21.8 Å². The number of benzene rings is 1. The third-order valence-corrected chi connectivity index (χ3v) is 4.66. The molecule has 0 bridgehead atoms. The van der Waals surface area contributed by atoms with E-state index in [0.717, 1.165) is 12.1 Å². The predicted molar refractivity (Wildman–Crippen MR) is 80.0 cm³/mol. The number of aryl methyl sites for hydroxylation is 2. The molecule has 2 aromatic rings. The fraction of sp³-hybridized carbons (Fsp3) is 0.167. The van der Waals surface area contributed by atoms with Crippen molar-refractivity contribution in [1.29, 1.82) is 0 Å². The van der Waals surface area contributed by atoms with E-state index in [2.05, 4.69) is 9.88 Å². The average molecular weight is 340 g/mol. The Balaban J connectivity index is 2.54. The Morgan fingerprint density at radius 1 is 1.30 bits per heavy atom. The minimum Gasteiger partial charge on any atom is -0.478 e. The van der Waals surface area contributed by atoms with Crippen LogP contribution in [0.4, 0.5) is 5.69 Å². The highest BCUT2D eigenvalue weighted by Gasteiger charge is 2.26. The summed E-state index contributed by atoms with van der Waals surface area (Å²) in [7, 11) is -6.04. The first-order valence-electron chi connectivity index (χ1n) is 6.32. The molecule has 23 heavy (non-hydrogen) atoms. The van der Waals surface area contributed by atoms with Crippen molar-refractivity contribution in [2.45, 2.75) is 18.7 Å². The highest BCUT2D eigenvalue weighted by molar-refractivity contribution is 7.92. The first-order valence-corrected chi connectivity index (χ1v) is 7.81. The summed E-state index contributed by atoms with van der Waals surface area (Å²) in [6.07, 6.45) is 0. The van der Waals surface area contributed by atoms with Gasteiger partial charge in [0.25, 0.3) is 10.0 Å². The van der Waals surface area contributed by atoms with Crippen LogP contribution >= 0.6 is 0 Å². The number of carbonyl (C=O) groups is 1. The number of carboxylic acid groups (broad SMARTS) is 1. The third kappa shape index (κ3) is 3.36. The van der Waals surface area contributed by atoms with E-state index < -0.39 is 23.1 Å². The number of nitrogens with zero attached hydrogens (tertiary/aromatic N) is 1. The van der Waals surface area contributed by atoms with E-state index in [4.69, 9.17) is 19.7 Å². The van der Waals surface area contributed by atoms with Gasteiger partial charge in [0.1, 0.15) is 5.69 Å². The van der Waals surface area contributed by atoms with Crippen molar-refractivity contribution in [3.8, 4) is 0 Å². The zero-order valence-corrected chi connectivity index (χ0v) is 13.0. The van der Waals surface area contributed by atoms with Crippen LogP contribution in [0, 0.1) is 13.8 Å². The van der Waals surface area contributed by atoms with E-state index in [9.17, 15) is 13.2 Å². The molecule has 2 rings (SSSR count). The van der Waals surface area contributed by atoms with Gasteiger partial charge in [0.05, 0.1) is 11.3 Å². The van der Waals surface area contributed by atoms with E-state index in [-0.39, 0.29) is 33.1 Å². The molecule has 0 saturated carbocycles. The molecule has 0 amide bonds. The summed E-state index contributed by atoms with van der Waals surface area (Å²) in [5.74, 6) is -1.33. The molecule has 0 spiro atoms. The molecule has 0 atom stereocenters. The lowest BCUT2D eigenvalue weighted by Crippen LogP contribution is -2.31. The lowest BCUT2D eigenvalue weighted by Gasteiger charge is -2.12. The quantitative estimate of drug-likeness (QED) is 0.531. The zero-order valence-electron chi connectivity index (χ0n) is 12.1. The van der Waals surface area contributed by atoms with Crippen molar-refractivity contribution in [3.63, 3.8) is 0 Å². The summed E-state index contributed by atoms with van der Waals surface area (Å²) >= 11 is 0. The van der Waals surface area contributed by atoms with Crippen LogP contribution in [-0.4, -0.2) is 41.8 Å². The van der Waals surface area contributed by atoms with E-state index in [1.54, 1.807) is 0 Å². The number of rotatable bonds is 5. The van der Waals surface area contributed by atoms with Crippen LogP contribution in [0.2, 0.25) is 0 Å². The van der Waals surface area contributed by atoms with Crippen LogP contribution < -0.4 is 10.2 Å². The van der Waals surface area contributed by atoms with Gasteiger partial charge in [-0.05, 0) is 31.4 Å². The van der Waals surface area contributed by atoms with Crippen molar-refractivity contribution in [2.75, 3.05) is 4.72 Å². The molecule has 1 heterocycles. The van der Waals surface area contributed by atoms with E-state index in [1.165, 1.54) is 19.9 Å². The summed E-state index contributed by atoms with van der Waals surface area (Å²) in [6, 6.07) is 3.27. The number of hydrogen-bond acceptors (Lipinski definition) is 7. The summed E-state index contributed by atoms with van der Waals surface area (Å²) in [4.78, 5) is 11.0. The molecule has 0 fully saturated rings. The SMILES string of the molecule is Cc1noc(C)c1S(=O)(=O)Nc1cc(B(O)O)ccc1C(=O)O. The van der Waals surface area contributed by atoms with Crippen LogP contribution in [0.15, 0.2) is 27.6 Å². The van der Waals surface area contributed by atoms with E-state index in [0.29, 0.717) is 0 Å². The van der Waals surface area contributed by atoms with Crippen molar-refractivity contribution < 1.29 is 32.9 Å². The number of sulfonamides is 1. The Bertz CT molecular complexity index is 841. The molecular formula is C12H13BN2O7S. The van der Waals surface area contributed by atoms with Crippen LogP contribution in [0.25, 0.3) is 0 Å². The molecule has 122 valence electrons. The topological polar surface area (TPSA) is 150 Å². The summed E-state index contributed by atoms with van der Waals surface area (Å²) in [5.41, 5.74) is -0.593. The van der Waals surface area contributed by atoms with Gasteiger partial charge in [0, 0.05) is 0 Å². The van der Waals surface area contributed by atoms with Gasteiger partial charge in [-0.15, -0.1) is 0 Å². The maximum absolute atomic E-state index is 12.4. The number of hydrogen-bond donors (Lipinski definition) is 4. The normalized spacial score (nSPS) is 11.3. The monoisotopic (exact) mass is 340 g/mol. The lowest BCUT2D eigenvalue weighted by atomic mass is 9.79. The molecule has 9 nitrogen and oxygen atoms in total. The first kappa shape index (κ1) is 17.0. The minimum absolute atomic E-state index is 0.0465. The van der Waals surface area contributed by atoms with Gasteiger partial charge in [0.15, 0.2) is 10.7 Å². The van der Waals surface area contributed by atoms with E-state index in [1.807, 2.05) is 0 Å². The van der Waals surface area contributed by atoms with Crippen molar-refractivity contribution >= 4 is 34.3 Å². The summed E-state index contributed by atoms with van der Waals surface area (Å²) in [5, 5.41) is 31.0. The fourth-order valence-electron chi connectivity index (χ4n) is 2.05. The van der Waals surface area contributed by atoms with Crippen molar-refractivity contribution in [3.05, 3.63) is 35.2 Å². The minimum atomic E-state index is -4.16. The number of nitrogens with one attached hydrogen (secondary N) is 1. The van der Waals surface area contributed by atoms with Crippen LogP contribution in [0.5, 0.6) is 0 Å². The number of anilines is 1.